The van der Waals surface area contributed by atoms with Gasteiger partial charge in [0.25, 0.3) is 0 Å². The quantitative estimate of drug-likeness (QED) is 0.837. The Morgan fingerprint density at radius 3 is 2.50 bits per heavy atom. The van der Waals surface area contributed by atoms with Crippen molar-refractivity contribution in [2.45, 2.75) is 38.1 Å². The molecule has 3 aliphatic heterocycles. The minimum Gasteiger partial charge on any atom is -0.379 e. The zero-order chi connectivity index (χ0) is 13.6. The molecule has 116 valence electrons. The number of hydrogen-bond donors (Lipinski definition) is 1. The summed E-state index contributed by atoms with van der Waals surface area (Å²) >= 11 is 0. The fraction of sp³-hybridized carbons (Fsp3) is 1.00. The number of nitrogens with one attached hydrogen (secondary N) is 1. The van der Waals surface area contributed by atoms with Crippen LogP contribution in [0.25, 0.3) is 0 Å². The van der Waals surface area contributed by atoms with Crippen LogP contribution in [0.1, 0.15) is 32.1 Å². The average molecular weight is 281 g/mol. The van der Waals surface area contributed by atoms with E-state index >= 15 is 0 Å². The minimum atomic E-state index is 0.803. The minimum absolute atomic E-state index is 0.803. The molecule has 0 bridgehead atoms. The third-order valence-electron chi connectivity index (χ3n) is 5.27. The van der Waals surface area contributed by atoms with Crippen LogP contribution in [0.15, 0.2) is 0 Å². The summed E-state index contributed by atoms with van der Waals surface area (Å²) < 4.78 is 5.48. The van der Waals surface area contributed by atoms with E-state index in [9.17, 15) is 0 Å². The molecule has 0 radical (unpaired) electrons. The number of piperidine rings is 2. The van der Waals surface area contributed by atoms with Gasteiger partial charge < -0.3 is 10.1 Å². The van der Waals surface area contributed by atoms with Gasteiger partial charge in [0.1, 0.15) is 0 Å². The highest BCUT2D eigenvalue weighted by Gasteiger charge is 2.27. The third-order valence-corrected chi connectivity index (χ3v) is 5.27. The largest absolute Gasteiger partial charge is 0.379 e. The number of rotatable bonds is 4. The average Bonchev–Trinajstić information content (AvgIpc) is 2.51. The van der Waals surface area contributed by atoms with Gasteiger partial charge in [-0.15, -0.1) is 0 Å². The van der Waals surface area contributed by atoms with Gasteiger partial charge >= 0.3 is 0 Å². The second-order valence-corrected chi connectivity index (χ2v) is 6.75. The Bertz CT molecular complexity index is 247. The molecule has 1 unspecified atom stereocenters. The lowest BCUT2D eigenvalue weighted by Gasteiger charge is -2.41. The van der Waals surface area contributed by atoms with Crippen molar-refractivity contribution in [3.63, 3.8) is 0 Å². The van der Waals surface area contributed by atoms with E-state index in [1.165, 1.54) is 64.8 Å². The smallest absolute Gasteiger partial charge is 0.0594 e. The maximum absolute atomic E-state index is 5.48. The molecule has 0 amide bonds. The van der Waals surface area contributed by atoms with Crippen molar-refractivity contribution in [2.75, 3.05) is 59.0 Å². The zero-order valence-electron chi connectivity index (χ0n) is 12.9. The van der Waals surface area contributed by atoms with Gasteiger partial charge in [-0.25, -0.2) is 0 Å². The van der Waals surface area contributed by atoms with Crippen LogP contribution in [-0.4, -0.2) is 74.9 Å². The lowest BCUT2D eigenvalue weighted by molar-refractivity contribution is 0.0132. The lowest BCUT2D eigenvalue weighted by atomic mass is 9.94. The fourth-order valence-corrected chi connectivity index (χ4v) is 3.98. The zero-order valence-corrected chi connectivity index (χ0v) is 12.9. The number of ether oxygens (including phenoxy) is 1. The molecule has 3 rings (SSSR count). The van der Waals surface area contributed by atoms with E-state index < -0.39 is 0 Å². The molecule has 1 N–H and O–H groups in total. The normalized spacial score (nSPS) is 31.5. The Labute approximate surface area is 123 Å². The standard InChI is InChI=1S/C16H31N3O/c1-2-8-19(13-15-4-6-17-7-5-15)16(3-1)14-18-9-11-20-12-10-18/h15-17H,1-14H2. The van der Waals surface area contributed by atoms with Crippen LogP contribution in [0.3, 0.4) is 0 Å². The van der Waals surface area contributed by atoms with Gasteiger partial charge in [-0.05, 0) is 51.2 Å². The summed E-state index contributed by atoms with van der Waals surface area (Å²) in [5.41, 5.74) is 0. The molecule has 3 heterocycles. The summed E-state index contributed by atoms with van der Waals surface area (Å²) in [5, 5.41) is 3.49. The molecule has 20 heavy (non-hydrogen) atoms. The van der Waals surface area contributed by atoms with Crippen molar-refractivity contribution in [3.05, 3.63) is 0 Å². The van der Waals surface area contributed by atoms with E-state index in [-0.39, 0.29) is 0 Å². The van der Waals surface area contributed by atoms with Crippen molar-refractivity contribution in [1.29, 1.82) is 0 Å². The number of nitrogens with zero attached hydrogens (tertiary/aromatic N) is 2. The van der Waals surface area contributed by atoms with Crippen molar-refractivity contribution in [3.8, 4) is 0 Å². The summed E-state index contributed by atoms with van der Waals surface area (Å²) in [6, 6.07) is 0.803. The SMILES string of the molecule is C1CCN(CC2CCNCC2)C(CN2CCOCC2)C1. The van der Waals surface area contributed by atoms with E-state index in [1.54, 1.807) is 0 Å². The second-order valence-electron chi connectivity index (χ2n) is 6.75. The van der Waals surface area contributed by atoms with Gasteiger partial charge in [0, 0.05) is 32.2 Å². The topological polar surface area (TPSA) is 27.7 Å². The summed E-state index contributed by atoms with van der Waals surface area (Å²) in [5.74, 6) is 0.932. The molecule has 3 fully saturated rings. The van der Waals surface area contributed by atoms with Crippen LogP contribution in [-0.2, 0) is 4.74 Å². The first-order valence-electron chi connectivity index (χ1n) is 8.67. The first kappa shape index (κ1) is 14.8. The number of hydrogen-bond acceptors (Lipinski definition) is 4. The van der Waals surface area contributed by atoms with E-state index in [4.69, 9.17) is 4.74 Å². The maximum atomic E-state index is 5.48. The lowest BCUT2D eigenvalue weighted by Crippen LogP contribution is -2.51. The first-order valence-corrected chi connectivity index (χ1v) is 8.67. The molecule has 0 aromatic rings. The van der Waals surface area contributed by atoms with Crippen LogP contribution in [0, 0.1) is 5.92 Å². The van der Waals surface area contributed by atoms with Crippen molar-refractivity contribution >= 4 is 0 Å². The van der Waals surface area contributed by atoms with Gasteiger partial charge in [-0.1, -0.05) is 6.42 Å². The monoisotopic (exact) mass is 281 g/mol. The summed E-state index contributed by atoms with van der Waals surface area (Å²) in [7, 11) is 0. The molecular weight excluding hydrogens is 250 g/mol. The first-order chi connectivity index (χ1) is 9.92. The molecule has 1 atom stereocenters. The molecule has 0 aromatic carbocycles. The number of morpholine rings is 1. The molecule has 4 nitrogen and oxygen atoms in total. The van der Waals surface area contributed by atoms with Crippen LogP contribution in [0.2, 0.25) is 0 Å². The maximum Gasteiger partial charge on any atom is 0.0594 e. The van der Waals surface area contributed by atoms with Gasteiger partial charge in [0.15, 0.2) is 0 Å². The van der Waals surface area contributed by atoms with Gasteiger partial charge in [0.2, 0.25) is 0 Å². The van der Waals surface area contributed by atoms with E-state index in [0.29, 0.717) is 0 Å². The fourth-order valence-electron chi connectivity index (χ4n) is 3.98. The third kappa shape index (κ3) is 4.17. The Hall–Kier alpha value is -0.160. The van der Waals surface area contributed by atoms with Gasteiger partial charge in [0.05, 0.1) is 13.2 Å². The Morgan fingerprint density at radius 2 is 1.70 bits per heavy atom. The second kappa shape index (κ2) is 7.74. The highest BCUT2D eigenvalue weighted by molar-refractivity contribution is 4.83. The highest BCUT2D eigenvalue weighted by atomic mass is 16.5. The molecule has 0 saturated carbocycles. The molecule has 3 aliphatic rings. The van der Waals surface area contributed by atoms with Crippen LogP contribution < -0.4 is 5.32 Å². The predicted molar refractivity (Wildman–Crippen MR) is 82.1 cm³/mol. The predicted octanol–water partition coefficient (Wildman–Crippen LogP) is 1.17. The Morgan fingerprint density at radius 1 is 0.900 bits per heavy atom. The van der Waals surface area contributed by atoms with Crippen molar-refractivity contribution in [2.24, 2.45) is 5.92 Å². The van der Waals surface area contributed by atoms with Crippen molar-refractivity contribution in [1.82, 2.24) is 15.1 Å². The highest BCUT2D eigenvalue weighted by Crippen LogP contribution is 2.22. The summed E-state index contributed by atoms with van der Waals surface area (Å²) in [6.45, 7) is 10.5. The van der Waals surface area contributed by atoms with Crippen LogP contribution >= 0.6 is 0 Å². The molecular formula is C16H31N3O. The Kier molecular flexibility index (Phi) is 5.71. The van der Waals surface area contributed by atoms with E-state index in [1.807, 2.05) is 0 Å². The molecule has 0 aromatic heterocycles. The number of likely N-dealkylation sites (tertiary alicyclic amines) is 1. The molecule has 4 heteroatoms. The molecule has 0 spiro atoms. The van der Waals surface area contributed by atoms with E-state index in [2.05, 4.69) is 15.1 Å². The summed E-state index contributed by atoms with van der Waals surface area (Å²) in [4.78, 5) is 5.43. The Balaban J connectivity index is 1.49. The molecule has 3 saturated heterocycles. The summed E-state index contributed by atoms with van der Waals surface area (Å²) in [6.07, 6.45) is 6.99. The van der Waals surface area contributed by atoms with Crippen LogP contribution in [0.5, 0.6) is 0 Å². The van der Waals surface area contributed by atoms with Crippen LogP contribution in [0.4, 0.5) is 0 Å². The van der Waals surface area contributed by atoms with Gasteiger partial charge in [-0.2, -0.15) is 0 Å². The molecule has 0 aliphatic carbocycles. The van der Waals surface area contributed by atoms with E-state index in [0.717, 1.165) is 38.3 Å². The van der Waals surface area contributed by atoms with Gasteiger partial charge in [-0.3, -0.25) is 9.80 Å². The van der Waals surface area contributed by atoms with Crippen molar-refractivity contribution < 1.29 is 4.74 Å².